The smallest absolute Gasteiger partial charge is 0.149 e. The molecule has 0 fully saturated rings. The molecule has 0 spiro atoms. The van der Waals surface area contributed by atoms with Crippen LogP contribution in [0.25, 0.3) is 10.9 Å². The molecule has 2 heterocycles. The fourth-order valence-electron chi connectivity index (χ4n) is 2.65. The van der Waals surface area contributed by atoms with E-state index in [4.69, 9.17) is 9.15 Å². The maximum Gasteiger partial charge on any atom is 0.149 e. The van der Waals surface area contributed by atoms with Crippen LogP contribution in [-0.4, -0.2) is 18.7 Å². The molecule has 0 aliphatic rings. The number of ether oxygens (including phenoxy) is 1. The van der Waals surface area contributed by atoms with Crippen LogP contribution in [0.3, 0.4) is 0 Å². The van der Waals surface area contributed by atoms with E-state index in [0.717, 1.165) is 28.3 Å². The Morgan fingerprint density at radius 2 is 2.09 bits per heavy atom. The molecule has 0 saturated heterocycles. The maximum atomic E-state index is 14.0. The highest BCUT2D eigenvalue weighted by molar-refractivity contribution is 5.91. The summed E-state index contributed by atoms with van der Waals surface area (Å²) >= 11 is 0. The minimum absolute atomic E-state index is 0.165. The SMILES string of the molecule is COCC(Nc1cc(C)nc2c(F)cccc12)c1ccc(C)o1. The van der Waals surface area contributed by atoms with E-state index >= 15 is 0 Å². The maximum absolute atomic E-state index is 14.0. The summed E-state index contributed by atoms with van der Waals surface area (Å²) in [6, 6.07) is 10.5. The number of nitrogens with zero attached hydrogens (tertiary/aromatic N) is 1. The van der Waals surface area contributed by atoms with Crippen molar-refractivity contribution in [3.8, 4) is 0 Å². The first kappa shape index (κ1) is 15.5. The van der Waals surface area contributed by atoms with Gasteiger partial charge in [-0.1, -0.05) is 12.1 Å². The van der Waals surface area contributed by atoms with Crippen LogP contribution < -0.4 is 5.32 Å². The van der Waals surface area contributed by atoms with Gasteiger partial charge in [0.1, 0.15) is 28.9 Å². The summed E-state index contributed by atoms with van der Waals surface area (Å²) in [7, 11) is 1.64. The molecule has 5 heteroatoms. The van der Waals surface area contributed by atoms with Crippen molar-refractivity contribution < 1.29 is 13.5 Å². The molecule has 2 aromatic heterocycles. The Morgan fingerprint density at radius 1 is 1.26 bits per heavy atom. The van der Waals surface area contributed by atoms with E-state index in [0.29, 0.717) is 12.1 Å². The van der Waals surface area contributed by atoms with Crippen LogP contribution in [0.1, 0.15) is 23.3 Å². The number of halogens is 1. The minimum Gasteiger partial charge on any atom is -0.464 e. The lowest BCUT2D eigenvalue weighted by atomic mass is 10.1. The van der Waals surface area contributed by atoms with Gasteiger partial charge in [-0.2, -0.15) is 0 Å². The molecular formula is C18H19FN2O2. The van der Waals surface area contributed by atoms with Crippen molar-refractivity contribution in [1.29, 1.82) is 0 Å². The normalized spacial score (nSPS) is 12.5. The average molecular weight is 314 g/mol. The summed E-state index contributed by atoms with van der Waals surface area (Å²) in [5.41, 5.74) is 1.92. The van der Waals surface area contributed by atoms with Gasteiger partial charge in [-0.05, 0) is 38.1 Å². The van der Waals surface area contributed by atoms with E-state index in [1.807, 2.05) is 38.1 Å². The Hall–Kier alpha value is -2.40. The molecule has 3 aromatic rings. The number of anilines is 1. The number of hydrogen-bond donors (Lipinski definition) is 1. The van der Waals surface area contributed by atoms with Crippen molar-refractivity contribution in [1.82, 2.24) is 4.98 Å². The Balaban J connectivity index is 2.03. The number of rotatable bonds is 5. The number of aromatic nitrogens is 1. The Kier molecular flexibility index (Phi) is 4.30. The predicted molar refractivity (Wildman–Crippen MR) is 88.1 cm³/mol. The van der Waals surface area contributed by atoms with E-state index < -0.39 is 0 Å². The lowest BCUT2D eigenvalue weighted by Crippen LogP contribution is -2.16. The molecule has 3 rings (SSSR count). The van der Waals surface area contributed by atoms with Crippen molar-refractivity contribution in [3.05, 3.63) is 59.4 Å². The monoisotopic (exact) mass is 314 g/mol. The summed E-state index contributed by atoms with van der Waals surface area (Å²) in [6.45, 7) is 4.18. The highest BCUT2D eigenvalue weighted by atomic mass is 19.1. The Morgan fingerprint density at radius 3 is 2.78 bits per heavy atom. The molecule has 1 unspecified atom stereocenters. The van der Waals surface area contributed by atoms with Gasteiger partial charge in [-0.15, -0.1) is 0 Å². The van der Waals surface area contributed by atoms with Crippen LogP contribution in [0.2, 0.25) is 0 Å². The zero-order valence-electron chi connectivity index (χ0n) is 13.4. The van der Waals surface area contributed by atoms with Crippen LogP contribution in [0, 0.1) is 19.7 Å². The molecule has 0 aliphatic carbocycles. The second-order valence-electron chi connectivity index (χ2n) is 5.55. The number of benzene rings is 1. The predicted octanol–water partition coefficient (Wildman–Crippen LogP) is 4.38. The van der Waals surface area contributed by atoms with Crippen molar-refractivity contribution in [2.75, 3.05) is 19.0 Å². The molecule has 120 valence electrons. The van der Waals surface area contributed by atoms with Crippen LogP contribution >= 0.6 is 0 Å². The van der Waals surface area contributed by atoms with Gasteiger partial charge in [0.25, 0.3) is 0 Å². The third-order valence-electron chi connectivity index (χ3n) is 3.69. The minimum atomic E-state index is -0.327. The Bertz CT molecular complexity index is 829. The second-order valence-corrected chi connectivity index (χ2v) is 5.55. The van der Waals surface area contributed by atoms with Crippen molar-refractivity contribution >= 4 is 16.6 Å². The first-order chi connectivity index (χ1) is 11.1. The zero-order chi connectivity index (χ0) is 16.4. The third-order valence-corrected chi connectivity index (χ3v) is 3.69. The van der Waals surface area contributed by atoms with Crippen molar-refractivity contribution in [3.63, 3.8) is 0 Å². The number of fused-ring (bicyclic) bond motifs is 1. The first-order valence-electron chi connectivity index (χ1n) is 7.46. The van der Waals surface area contributed by atoms with Gasteiger partial charge in [0, 0.05) is 23.9 Å². The molecule has 0 aliphatic heterocycles. The summed E-state index contributed by atoms with van der Waals surface area (Å²) < 4.78 is 25.0. The fraction of sp³-hybridized carbons (Fsp3) is 0.278. The van der Waals surface area contributed by atoms with Crippen LogP contribution in [0.4, 0.5) is 10.1 Å². The van der Waals surface area contributed by atoms with Crippen LogP contribution in [0.5, 0.6) is 0 Å². The fourth-order valence-corrected chi connectivity index (χ4v) is 2.65. The lowest BCUT2D eigenvalue weighted by Gasteiger charge is -2.19. The topological polar surface area (TPSA) is 47.3 Å². The molecule has 23 heavy (non-hydrogen) atoms. The van der Waals surface area contributed by atoms with E-state index in [1.54, 1.807) is 13.2 Å². The standard InChI is InChI=1S/C18H19FN2O2/c1-11-9-15(13-5-4-6-14(19)18(13)20-11)21-16(10-22-3)17-8-7-12(2)23-17/h4-9,16H,10H2,1-3H3,(H,20,21). The molecule has 1 aromatic carbocycles. The molecule has 0 radical (unpaired) electrons. The zero-order valence-corrected chi connectivity index (χ0v) is 13.4. The summed E-state index contributed by atoms with van der Waals surface area (Å²) in [5, 5.41) is 4.13. The van der Waals surface area contributed by atoms with Crippen LogP contribution in [-0.2, 0) is 4.74 Å². The Labute approximate surface area is 134 Å². The molecular weight excluding hydrogens is 295 g/mol. The number of aryl methyl sites for hydroxylation is 2. The van der Waals surface area contributed by atoms with Crippen molar-refractivity contribution in [2.45, 2.75) is 19.9 Å². The largest absolute Gasteiger partial charge is 0.464 e. The van der Waals surface area contributed by atoms with E-state index in [-0.39, 0.29) is 11.9 Å². The molecule has 4 nitrogen and oxygen atoms in total. The van der Waals surface area contributed by atoms with Gasteiger partial charge in [0.05, 0.1) is 6.61 Å². The van der Waals surface area contributed by atoms with Crippen LogP contribution in [0.15, 0.2) is 40.8 Å². The van der Waals surface area contributed by atoms with Gasteiger partial charge in [0.15, 0.2) is 0 Å². The van der Waals surface area contributed by atoms with Gasteiger partial charge in [0.2, 0.25) is 0 Å². The number of furan rings is 1. The van der Waals surface area contributed by atoms with Gasteiger partial charge >= 0.3 is 0 Å². The summed E-state index contributed by atoms with van der Waals surface area (Å²) in [5.74, 6) is 1.29. The summed E-state index contributed by atoms with van der Waals surface area (Å²) in [4.78, 5) is 4.30. The quantitative estimate of drug-likeness (QED) is 0.759. The third kappa shape index (κ3) is 3.19. The number of nitrogens with one attached hydrogen (secondary N) is 1. The number of methoxy groups -OCH3 is 1. The van der Waals surface area contributed by atoms with E-state index in [1.165, 1.54) is 6.07 Å². The first-order valence-corrected chi connectivity index (χ1v) is 7.46. The van der Waals surface area contributed by atoms with Gasteiger partial charge in [-0.3, -0.25) is 0 Å². The molecule has 0 amide bonds. The molecule has 1 N–H and O–H groups in total. The lowest BCUT2D eigenvalue weighted by molar-refractivity contribution is 0.178. The molecule has 0 bridgehead atoms. The highest BCUT2D eigenvalue weighted by Crippen LogP contribution is 2.29. The van der Waals surface area contributed by atoms with Crippen molar-refractivity contribution in [2.24, 2.45) is 0 Å². The van der Waals surface area contributed by atoms with E-state index in [2.05, 4.69) is 10.3 Å². The number of pyridine rings is 1. The summed E-state index contributed by atoms with van der Waals surface area (Å²) in [6.07, 6.45) is 0. The van der Waals surface area contributed by atoms with E-state index in [9.17, 15) is 4.39 Å². The van der Waals surface area contributed by atoms with Gasteiger partial charge in [-0.25, -0.2) is 9.37 Å². The number of hydrogen-bond acceptors (Lipinski definition) is 4. The second kappa shape index (κ2) is 6.38. The molecule has 0 saturated carbocycles. The highest BCUT2D eigenvalue weighted by Gasteiger charge is 2.17. The average Bonchev–Trinajstić information content (AvgIpc) is 2.94. The molecule has 1 atom stereocenters. The van der Waals surface area contributed by atoms with Gasteiger partial charge < -0.3 is 14.5 Å². The number of para-hydroxylation sites is 1.